The van der Waals surface area contributed by atoms with E-state index in [4.69, 9.17) is 9.47 Å². The molecular formula is C17H13N3O5S2. The first-order valence-electron chi connectivity index (χ1n) is 7.94. The van der Waals surface area contributed by atoms with Gasteiger partial charge >= 0.3 is 5.00 Å². The number of aromatic nitrogens is 1. The number of fused-ring (bicyclic) bond motifs is 2. The lowest BCUT2D eigenvalue weighted by molar-refractivity contribution is -0.380. The second-order valence-corrected chi connectivity index (χ2v) is 7.63. The molecule has 3 aromatic rings. The number of nitro groups is 1. The minimum Gasteiger partial charge on any atom is -0.486 e. The highest BCUT2D eigenvalue weighted by Gasteiger charge is 2.18. The maximum Gasteiger partial charge on any atom is 0.324 e. The Balaban J connectivity index is 1.82. The lowest BCUT2D eigenvalue weighted by Gasteiger charge is -2.18. The lowest BCUT2D eigenvalue weighted by atomic mass is 10.2. The van der Waals surface area contributed by atoms with Crippen LogP contribution >= 0.6 is 22.7 Å². The van der Waals surface area contributed by atoms with Gasteiger partial charge in [0.2, 0.25) is 0 Å². The highest BCUT2D eigenvalue weighted by Crippen LogP contribution is 2.35. The third-order valence-electron chi connectivity index (χ3n) is 3.84. The molecule has 1 amide bonds. The number of rotatable bonds is 4. The Morgan fingerprint density at radius 1 is 1.30 bits per heavy atom. The van der Waals surface area contributed by atoms with Gasteiger partial charge in [-0.1, -0.05) is 28.7 Å². The van der Waals surface area contributed by atoms with E-state index in [-0.39, 0.29) is 9.88 Å². The summed E-state index contributed by atoms with van der Waals surface area (Å²) in [5.74, 6) is 0.790. The summed E-state index contributed by atoms with van der Waals surface area (Å²) >= 11 is 2.14. The van der Waals surface area contributed by atoms with Gasteiger partial charge in [0.1, 0.15) is 18.1 Å². The summed E-state index contributed by atoms with van der Waals surface area (Å²) in [5, 5.41) is 10.7. The summed E-state index contributed by atoms with van der Waals surface area (Å²) in [6, 6.07) is 6.45. The zero-order chi connectivity index (χ0) is 19.0. The van der Waals surface area contributed by atoms with E-state index in [1.54, 1.807) is 6.08 Å². The van der Waals surface area contributed by atoms with Crippen LogP contribution in [0.1, 0.15) is 9.67 Å². The molecule has 0 atom stereocenters. The van der Waals surface area contributed by atoms with Gasteiger partial charge in [-0.3, -0.25) is 14.9 Å². The van der Waals surface area contributed by atoms with Crippen molar-refractivity contribution in [2.24, 2.45) is 4.99 Å². The van der Waals surface area contributed by atoms with Gasteiger partial charge in [0.25, 0.3) is 5.91 Å². The maximum atomic E-state index is 12.5. The number of benzene rings is 1. The molecule has 8 nitrogen and oxygen atoms in total. The van der Waals surface area contributed by atoms with Crippen molar-refractivity contribution in [3.8, 4) is 11.5 Å². The van der Waals surface area contributed by atoms with Crippen molar-refractivity contribution in [2.75, 3.05) is 13.2 Å². The molecule has 0 saturated heterocycles. The number of nitrogens with zero attached hydrogens (tertiary/aromatic N) is 3. The molecule has 27 heavy (non-hydrogen) atoms. The molecule has 0 unspecified atom stereocenters. The fourth-order valence-corrected chi connectivity index (χ4v) is 4.43. The van der Waals surface area contributed by atoms with Crippen molar-refractivity contribution in [2.45, 2.75) is 6.54 Å². The Kier molecular flexibility index (Phi) is 4.50. The van der Waals surface area contributed by atoms with E-state index in [0.717, 1.165) is 21.6 Å². The number of hydrogen-bond donors (Lipinski definition) is 0. The first-order chi connectivity index (χ1) is 13.1. The van der Waals surface area contributed by atoms with Crippen LogP contribution in [0.3, 0.4) is 0 Å². The third kappa shape index (κ3) is 3.24. The topological polar surface area (TPSA) is 96.0 Å². The van der Waals surface area contributed by atoms with Crippen molar-refractivity contribution in [3.05, 3.63) is 56.7 Å². The van der Waals surface area contributed by atoms with Crippen molar-refractivity contribution in [3.63, 3.8) is 0 Å². The fraction of sp³-hybridized carbons (Fsp3) is 0.176. The van der Waals surface area contributed by atoms with E-state index < -0.39 is 10.8 Å². The number of ether oxygens (including phenoxy) is 2. The highest BCUT2D eigenvalue weighted by atomic mass is 32.1. The zero-order valence-electron chi connectivity index (χ0n) is 13.9. The van der Waals surface area contributed by atoms with Crippen molar-refractivity contribution >= 4 is 43.8 Å². The van der Waals surface area contributed by atoms with E-state index in [1.165, 1.54) is 23.5 Å². The van der Waals surface area contributed by atoms with Crippen LogP contribution in [0.5, 0.6) is 11.5 Å². The van der Waals surface area contributed by atoms with Crippen LogP contribution in [0.25, 0.3) is 10.2 Å². The van der Waals surface area contributed by atoms with Gasteiger partial charge in [0, 0.05) is 24.7 Å². The minimum atomic E-state index is -0.525. The molecule has 1 aromatic carbocycles. The Morgan fingerprint density at radius 3 is 2.70 bits per heavy atom. The Labute approximate surface area is 160 Å². The molecule has 3 heterocycles. The molecule has 1 aliphatic heterocycles. The maximum absolute atomic E-state index is 12.5. The molecule has 1 aliphatic rings. The van der Waals surface area contributed by atoms with Crippen LogP contribution in [-0.4, -0.2) is 28.6 Å². The molecule has 0 bridgehead atoms. The molecule has 138 valence electrons. The first-order valence-corrected chi connectivity index (χ1v) is 9.57. The fourth-order valence-electron chi connectivity index (χ4n) is 2.68. The first kappa shape index (κ1) is 17.4. The molecule has 0 saturated carbocycles. The standard InChI is InChI=1S/C17H13N3O5S2/c1-2-5-19-10-8-11-12(25-7-6-24-11)9-14(10)27-17(19)18-16(21)13-3-4-15(26-13)20(22)23/h2-4,8-9H,1,5-7H2. The Bertz CT molecular complexity index is 1140. The number of thiazole rings is 1. The van der Waals surface area contributed by atoms with Gasteiger partial charge in [-0.15, -0.1) is 6.58 Å². The lowest BCUT2D eigenvalue weighted by Crippen LogP contribution is -2.17. The van der Waals surface area contributed by atoms with E-state index in [0.29, 0.717) is 36.1 Å². The minimum absolute atomic E-state index is 0.0918. The van der Waals surface area contributed by atoms with E-state index in [2.05, 4.69) is 11.6 Å². The SMILES string of the molecule is C=CCn1c(=NC(=O)c2ccc([N+](=O)[O-])s2)sc2cc3c(cc21)OCCO3. The molecule has 0 radical (unpaired) electrons. The van der Waals surface area contributed by atoms with Crippen LogP contribution in [0.2, 0.25) is 0 Å². The summed E-state index contributed by atoms with van der Waals surface area (Å²) < 4.78 is 14.0. The summed E-state index contributed by atoms with van der Waals surface area (Å²) in [5.41, 5.74) is 0.855. The predicted octanol–water partition coefficient (Wildman–Crippen LogP) is 3.37. The van der Waals surface area contributed by atoms with Crippen LogP contribution in [0, 0.1) is 10.1 Å². The normalized spacial score (nSPS) is 13.7. The molecule has 4 rings (SSSR count). The molecule has 0 spiro atoms. The van der Waals surface area contributed by atoms with E-state index >= 15 is 0 Å². The van der Waals surface area contributed by atoms with Crippen LogP contribution in [0.15, 0.2) is 41.9 Å². The molecule has 0 fully saturated rings. The van der Waals surface area contributed by atoms with Crippen LogP contribution in [0.4, 0.5) is 5.00 Å². The van der Waals surface area contributed by atoms with Gasteiger partial charge in [0.05, 0.1) is 15.1 Å². The van der Waals surface area contributed by atoms with Gasteiger partial charge in [-0.05, 0) is 6.07 Å². The summed E-state index contributed by atoms with van der Waals surface area (Å²) in [6.07, 6.45) is 1.71. The number of carbonyl (C=O) groups excluding carboxylic acids is 1. The van der Waals surface area contributed by atoms with Crippen LogP contribution < -0.4 is 14.3 Å². The number of thiophene rings is 1. The Hall–Kier alpha value is -2.98. The van der Waals surface area contributed by atoms with E-state index in [9.17, 15) is 14.9 Å². The summed E-state index contributed by atoms with van der Waals surface area (Å²) in [6.45, 7) is 5.19. The van der Waals surface area contributed by atoms with Crippen molar-refractivity contribution in [1.82, 2.24) is 4.57 Å². The molecule has 10 heteroatoms. The average Bonchev–Trinajstić information content (AvgIpc) is 3.26. The average molecular weight is 403 g/mol. The smallest absolute Gasteiger partial charge is 0.324 e. The Morgan fingerprint density at radius 2 is 2.04 bits per heavy atom. The molecule has 2 aromatic heterocycles. The highest BCUT2D eigenvalue weighted by molar-refractivity contribution is 7.17. The second-order valence-electron chi connectivity index (χ2n) is 5.56. The number of allylic oxidation sites excluding steroid dienone is 1. The quantitative estimate of drug-likeness (QED) is 0.378. The van der Waals surface area contributed by atoms with Gasteiger partial charge in [0.15, 0.2) is 16.3 Å². The van der Waals surface area contributed by atoms with E-state index in [1.807, 2.05) is 16.7 Å². The molecular weight excluding hydrogens is 390 g/mol. The second kappa shape index (κ2) is 6.97. The van der Waals surface area contributed by atoms with Crippen LogP contribution in [-0.2, 0) is 6.54 Å². The number of hydrogen-bond acceptors (Lipinski definition) is 7. The zero-order valence-corrected chi connectivity index (χ0v) is 15.5. The molecule has 0 aliphatic carbocycles. The third-order valence-corrected chi connectivity index (χ3v) is 5.90. The van der Waals surface area contributed by atoms with Crippen molar-refractivity contribution in [1.29, 1.82) is 0 Å². The predicted molar refractivity (Wildman–Crippen MR) is 102 cm³/mol. The van der Waals surface area contributed by atoms with Gasteiger partial charge in [-0.25, -0.2) is 0 Å². The van der Waals surface area contributed by atoms with Crippen molar-refractivity contribution < 1.29 is 19.2 Å². The van der Waals surface area contributed by atoms with Gasteiger partial charge < -0.3 is 14.0 Å². The number of amides is 1. The van der Waals surface area contributed by atoms with Gasteiger partial charge in [-0.2, -0.15) is 4.99 Å². The monoisotopic (exact) mass is 403 g/mol. The number of carbonyl (C=O) groups is 1. The summed E-state index contributed by atoms with van der Waals surface area (Å²) in [4.78, 5) is 27.7. The molecule has 0 N–H and O–H groups in total. The summed E-state index contributed by atoms with van der Waals surface area (Å²) in [7, 11) is 0. The largest absolute Gasteiger partial charge is 0.486 e.